The van der Waals surface area contributed by atoms with Crippen LogP contribution in [-0.2, 0) is 11.9 Å². The minimum absolute atomic E-state index is 0.558. The van der Waals surface area contributed by atoms with Crippen molar-refractivity contribution in [1.82, 2.24) is 4.98 Å². The number of hydrogen-bond donors (Lipinski definition) is 0. The van der Waals surface area contributed by atoms with Crippen LogP contribution in [0.2, 0.25) is 0 Å². The highest BCUT2D eigenvalue weighted by atomic mass is 32.2. The lowest BCUT2D eigenvalue weighted by Crippen LogP contribution is -2.02. The first-order valence-electron chi connectivity index (χ1n) is 5.28. The minimum atomic E-state index is -4.36. The van der Waals surface area contributed by atoms with Crippen molar-refractivity contribution in [3.05, 3.63) is 41.0 Å². The third kappa shape index (κ3) is 3.87. The number of alkyl halides is 3. The average Bonchev–Trinajstić information content (AvgIpc) is 2.86. The Labute approximate surface area is 116 Å². The summed E-state index contributed by atoms with van der Waals surface area (Å²) in [6, 6.07) is 7.42. The van der Waals surface area contributed by atoms with Crippen molar-refractivity contribution in [2.75, 3.05) is 7.11 Å². The molecule has 0 aliphatic heterocycles. The highest BCUT2D eigenvalue weighted by molar-refractivity contribution is 8.00. The summed E-state index contributed by atoms with van der Waals surface area (Å²) in [7, 11) is 1.58. The molecule has 0 fully saturated rings. The van der Waals surface area contributed by atoms with Crippen LogP contribution in [0.1, 0.15) is 10.6 Å². The van der Waals surface area contributed by atoms with Gasteiger partial charge < -0.3 is 4.74 Å². The van der Waals surface area contributed by atoms with Gasteiger partial charge in [0.25, 0.3) is 0 Å². The van der Waals surface area contributed by atoms with Gasteiger partial charge in [-0.05, 0) is 17.7 Å². The molecule has 2 rings (SSSR count). The van der Waals surface area contributed by atoms with E-state index in [2.05, 4.69) is 4.98 Å². The zero-order valence-electron chi connectivity index (χ0n) is 9.90. The van der Waals surface area contributed by atoms with E-state index < -0.39 is 11.2 Å². The van der Waals surface area contributed by atoms with E-state index in [0.29, 0.717) is 21.3 Å². The Bertz CT molecular complexity index is 537. The third-order valence-corrected chi connectivity index (χ3v) is 4.58. The molecule has 1 heterocycles. The molecule has 0 atom stereocenters. The van der Waals surface area contributed by atoms with E-state index in [9.17, 15) is 13.2 Å². The maximum atomic E-state index is 12.4. The van der Waals surface area contributed by atoms with Gasteiger partial charge in [-0.3, -0.25) is 0 Å². The SMILES string of the molecule is COc1ccc(CSc2cnc(C(F)(F)F)s2)cc1. The van der Waals surface area contributed by atoms with Gasteiger partial charge in [0.15, 0.2) is 5.01 Å². The summed E-state index contributed by atoms with van der Waals surface area (Å²) in [5.74, 6) is 1.36. The summed E-state index contributed by atoms with van der Waals surface area (Å²) >= 11 is 2.01. The Morgan fingerprint density at radius 1 is 1.26 bits per heavy atom. The van der Waals surface area contributed by atoms with E-state index >= 15 is 0 Å². The molecule has 0 saturated carbocycles. The molecule has 0 unspecified atom stereocenters. The lowest BCUT2D eigenvalue weighted by molar-refractivity contribution is -0.137. The molecule has 0 aliphatic carbocycles. The fourth-order valence-electron chi connectivity index (χ4n) is 1.33. The molecular formula is C12H10F3NOS2. The van der Waals surface area contributed by atoms with Crippen LogP contribution in [0, 0.1) is 0 Å². The molecule has 1 aromatic heterocycles. The van der Waals surface area contributed by atoms with Gasteiger partial charge in [0.05, 0.1) is 17.5 Å². The van der Waals surface area contributed by atoms with Gasteiger partial charge in [0.2, 0.25) is 0 Å². The van der Waals surface area contributed by atoms with Gasteiger partial charge in [-0.15, -0.1) is 23.1 Å². The smallest absolute Gasteiger partial charge is 0.443 e. The number of hydrogen-bond acceptors (Lipinski definition) is 4. The van der Waals surface area contributed by atoms with Crippen LogP contribution in [-0.4, -0.2) is 12.1 Å². The Morgan fingerprint density at radius 2 is 1.95 bits per heavy atom. The minimum Gasteiger partial charge on any atom is -0.497 e. The molecule has 2 aromatic rings. The summed E-state index contributed by atoms with van der Waals surface area (Å²) in [6.07, 6.45) is -3.09. The molecule has 0 N–H and O–H groups in total. The second-order valence-electron chi connectivity index (χ2n) is 3.62. The third-order valence-electron chi connectivity index (χ3n) is 2.27. The zero-order valence-corrected chi connectivity index (χ0v) is 11.5. The first kappa shape index (κ1) is 14.2. The Hall–Kier alpha value is -1.21. The monoisotopic (exact) mass is 305 g/mol. The van der Waals surface area contributed by atoms with E-state index in [4.69, 9.17) is 4.74 Å². The number of rotatable bonds is 4. The quantitative estimate of drug-likeness (QED) is 0.778. The number of methoxy groups -OCH3 is 1. The largest absolute Gasteiger partial charge is 0.497 e. The number of aromatic nitrogens is 1. The van der Waals surface area contributed by atoms with Crippen LogP contribution in [0.25, 0.3) is 0 Å². The van der Waals surface area contributed by atoms with Crippen LogP contribution in [0.3, 0.4) is 0 Å². The van der Waals surface area contributed by atoms with Crippen molar-refractivity contribution in [3.63, 3.8) is 0 Å². The summed E-state index contributed by atoms with van der Waals surface area (Å²) in [5, 5.41) is -0.801. The van der Waals surface area contributed by atoms with Crippen molar-refractivity contribution in [2.24, 2.45) is 0 Å². The average molecular weight is 305 g/mol. The predicted octanol–water partition coefficient (Wildman–Crippen LogP) is 4.46. The molecule has 1 aromatic carbocycles. The van der Waals surface area contributed by atoms with Gasteiger partial charge in [-0.2, -0.15) is 13.2 Å². The molecule has 0 amide bonds. The van der Waals surface area contributed by atoms with Crippen LogP contribution in [0.15, 0.2) is 34.7 Å². The Morgan fingerprint density at radius 3 is 2.47 bits per heavy atom. The number of halogens is 3. The number of thiazole rings is 1. The van der Waals surface area contributed by atoms with Crippen molar-refractivity contribution in [3.8, 4) is 5.75 Å². The molecule has 0 saturated heterocycles. The second-order valence-corrected chi connectivity index (χ2v) is 5.93. The summed E-state index contributed by atoms with van der Waals surface area (Å²) in [5.41, 5.74) is 1.02. The molecule has 0 bridgehead atoms. The van der Waals surface area contributed by atoms with E-state index in [1.54, 1.807) is 7.11 Å². The van der Waals surface area contributed by atoms with E-state index in [-0.39, 0.29) is 0 Å². The number of benzene rings is 1. The first-order chi connectivity index (χ1) is 8.99. The van der Waals surface area contributed by atoms with Crippen molar-refractivity contribution < 1.29 is 17.9 Å². The Balaban J connectivity index is 1.96. The molecule has 0 aliphatic rings. The Kier molecular flexibility index (Phi) is 4.36. The molecule has 19 heavy (non-hydrogen) atoms. The summed E-state index contributed by atoms with van der Waals surface area (Å²) < 4.78 is 42.7. The van der Waals surface area contributed by atoms with E-state index in [1.165, 1.54) is 18.0 Å². The lowest BCUT2D eigenvalue weighted by atomic mass is 10.2. The summed E-state index contributed by atoms with van der Waals surface area (Å²) in [6.45, 7) is 0. The summed E-state index contributed by atoms with van der Waals surface area (Å²) in [4.78, 5) is 3.38. The molecule has 102 valence electrons. The van der Waals surface area contributed by atoms with Crippen molar-refractivity contribution >= 4 is 23.1 Å². The molecule has 7 heteroatoms. The van der Waals surface area contributed by atoms with Crippen molar-refractivity contribution in [1.29, 1.82) is 0 Å². The maximum Gasteiger partial charge on any atom is 0.443 e. The maximum absolute atomic E-state index is 12.4. The fraction of sp³-hybridized carbons (Fsp3) is 0.250. The van der Waals surface area contributed by atoms with Gasteiger partial charge >= 0.3 is 6.18 Å². The predicted molar refractivity (Wildman–Crippen MR) is 69.7 cm³/mol. The van der Waals surface area contributed by atoms with Crippen LogP contribution >= 0.6 is 23.1 Å². The molecule has 0 spiro atoms. The highest BCUT2D eigenvalue weighted by Crippen LogP contribution is 2.36. The highest BCUT2D eigenvalue weighted by Gasteiger charge is 2.34. The van der Waals surface area contributed by atoms with Crippen LogP contribution in [0.4, 0.5) is 13.2 Å². The molecular weight excluding hydrogens is 295 g/mol. The fourth-order valence-corrected chi connectivity index (χ4v) is 3.13. The van der Waals surface area contributed by atoms with E-state index in [1.807, 2.05) is 24.3 Å². The normalized spacial score (nSPS) is 11.6. The van der Waals surface area contributed by atoms with Crippen LogP contribution in [0.5, 0.6) is 5.75 Å². The first-order valence-corrected chi connectivity index (χ1v) is 7.08. The van der Waals surface area contributed by atoms with Gasteiger partial charge in [0, 0.05) is 5.75 Å². The zero-order chi connectivity index (χ0) is 13.9. The van der Waals surface area contributed by atoms with Crippen LogP contribution < -0.4 is 4.74 Å². The number of thioether (sulfide) groups is 1. The van der Waals surface area contributed by atoms with E-state index in [0.717, 1.165) is 11.3 Å². The number of nitrogens with zero attached hydrogens (tertiary/aromatic N) is 1. The number of ether oxygens (including phenoxy) is 1. The molecule has 2 nitrogen and oxygen atoms in total. The molecule has 0 radical (unpaired) electrons. The van der Waals surface area contributed by atoms with Gasteiger partial charge in [0.1, 0.15) is 5.75 Å². The van der Waals surface area contributed by atoms with Gasteiger partial charge in [-0.25, -0.2) is 4.98 Å². The topological polar surface area (TPSA) is 22.1 Å². The standard InChI is InChI=1S/C12H10F3NOS2/c1-17-9-4-2-8(3-5-9)7-18-10-6-16-11(19-10)12(13,14)15/h2-6H,7H2,1H3. The van der Waals surface area contributed by atoms with Crippen molar-refractivity contribution in [2.45, 2.75) is 16.1 Å². The second kappa shape index (κ2) is 5.83. The lowest BCUT2D eigenvalue weighted by Gasteiger charge is -2.02. The van der Waals surface area contributed by atoms with Gasteiger partial charge in [-0.1, -0.05) is 12.1 Å².